The molecule has 19 heavy (non-hydrogen) atoms. The van der Waals surface area contributed by atoms with E-state index in [1.165, 1.54) is 0 Å². The van der Waals surface area contributed by atoms with Crippen LogP contribution in [0.25, 0.3) is 0 Å². The molecule has 3 N–H and O–H groups in total. The predicted octanol–water partition coefficient (Wildman–Crippen LogP) is 2.22. The normalized spacial score (nSPS) is 12.2. The number of rotatable bonds is 6. The summed E-state index contributed by atoms with van der Waals surface area (Å²) >= 11 is 1.59. The lowest BCUT2D eigenvalue weighted by Gasteiger charge is -2.14. The van der Waals surface area contributed by atoms with Gasteiger partial charge in [0.2, 0.25) is 0 Å². The number of nitrogens with one attached hydrogen (secondary N) is 1. The molecule has 2 aromatic rings. The second-order valence-electron chi connectivity index (χ2n) is 3.93. The lowest BCUT2D eigenvalue weighted by atomic mass is 10.1. The van der Waals surface area contributed by atoms with Gasteiger partial charge in [0.25, 0.3) is 0 Å². The van der Waals surface area contributed by atoms with Crippen molar-refractivity contribution in [3.05, 3.63) is 36.2 Å². The first kappa shape index (κ1) is 13.8. The van der Waals surface area contributed by atoms with Gasteiger partial charge in [-0.1, -0.05) is 17.8 Å². The SMILES string of the molecule is COc1ccc(C(N)CSc2ncc[nH]2)cc1OC. The van der Waals surface area contributed by atoms with Crippen LogP contribution in [0, 0.1) is 0 Å². The maximum atomic E-state index is 6.17. The lowest BCUT2D eigenvalue weighted by molar-refractivity contribution is 0.354. The topological polar surface area (TPSA) is 73.2 Å². The van der Waals surface area contributed by atoms with E-state index >= 15 is 0 Å². The van der Waals surface area contributed by atoms with Crippen molar-refractivity contribution in [3.8, 4) is 11.5 Å². The second-order valence-corrected chi connectivity index (χ2v) is 4.93. The monoisotopic (exact) mass is 279 g/mol. The summed E-state index contributed by atoms with van der Waals surface area (Å²) in [7, 11) is 3.23. The number of benzene rings is 1. The molecule has 1 aromatic heterocycles. The number of nitrogens with zero attached hydrogens (tertiary/aromatic N) is 1. The molecule has 0 saturated carbocycles. The Hall–Kier alpha value is -1.66. The number of hydrogen-bond donors (Lipinski definition) is 2. The molecule has 2 rings (SSSR count). The van der Waals surface area contributed by atoms with Crippen molar-refractivity contribution >= 4 is 11.8 Å². The average Bonchev–Trinajstić information content (AvgIpc) is 2.97. The first-order chi connectivity index (χ1) is 9.24. The van der Waals surface area contributed by atoms with Crippen LogP contribution in [0.2, 0.25) is 0 Å². The van der Waals surface area contributed by atoms with E-state index in [1.807, 2.05) is 18.2 Å². The molecule has 0 amide bonds. The van der Waals surface area contributed by atoms with E-state index in [2.05, 4.69) is 9.97 Å². The average molecular weight is 279 g/mol. The van der Waals surface area contributed by atoms with Gasteiger partial charge in [0.15, 0.2) is 16.7 Å². The van der Waals surface area contributed by atoms with Crippen LogP contribution in [0.3, 0.4) is 0 Å². The smallest absolute Gasteiger partial charge is 0.165 e. The summed E-state index contributed by atoms with van der Waals surface area (Å²) in [5, 5.41) is 0.871. The molecule has 1 atom stereocenters. The Morgan fingerprint density at radius 3 is 2.74 bits per heavy atom. The van der Waals surface area contributed by atoms with Crippen molar-refractivity contribution in [1.29, 1.82) is 0 Å². The summed E-state index contributed by atoms with van der Waals surface area (Å²) in [6.07, 6.45) is 3.52. The number of nitrogens with two attached hydrogens (primary N) is 1. The van der Waals surface area contributed by atoms with Crippen molar-refractivity contribution in [2.45, 2.75) is 11.2 Å². The van der Waals surface area contributed by atoms with E-state index in [4.69, 9.17) is 15.2 Å². The zero-order chi connectivity index (χ0) is 13.7. The largest absolute Gasteiger partial charge is 0.493 e. The zero-order valence-corrected chi connectivity index (χ0v) is 11.7. The molecule has 1 heterocycles. The lowest BCUT2D eigenvalue weighted by Crippen LogP contribution is -2.13. The van der Waals surface area contributed by atoms with Crippen LogP contribution in [0.5, 0.6) is 11.5 Å². The molecule has 0 fully saturated rings. The number of methoxy groups -OCH3 is 2. The molecule has 1 aromatic carbocycles. The van der Waals surface area contributed by atoms with Crippen molar-refractivity contribution in [1.82, 2.24) is 9.97 Å². The van der Waals surface area contributed by atoms with Gasteiger partial charge in [-0.05, 0) is 17.7 Å². The zero-order valence-electron chi connectivity index (χ0n) is 10.9. The van der Waals surface area contributed by atoms with E-state index in [1.54, 1.807) is 38.4 Å². The molecule has 0 aliphatic heterocycles. The second kappa shape index (κ2) is 6.49. The third-order valence-electron chi connectivity index (χ3n) is 2.71. The van der Waals surface area contributed by atoms with Crippen LogP contribution in [0.1, 0.15) is 11.6 Å². The maximum absolute atomic E-state index is 6.17. The third kappa shape index (κ3) is 3.42. The Labute approximate surface area is 116 Å². The Balaban J connectivity index is 2.04. The van der Waals surface area contributed by atoms with Crippen LogP contribution < -0.4 is 15.2 Å². The van der Waals surface area contributed by atoms with Crippen LogP contribution in [-0.4, -0.2) is 29.9 Å². The minimum Gasteiger partial charge on any atom is -0.493 e. The van der Waals surface area contributed by atoms with E-state index < -0.39 is 0 Å². The van der Waals surface area contributed by atoms with Crippen LogP contribution in [-0.2, 0) is 0 Å². The van der Waals surface area contributed by atoms with Crippen LogP contribution in [0.4, 0.5) is 0 Å². The standard InChI is InChI=1S/C13H17N3O2S/c1-17-11-4-3-9(7-12(11)18-2)10(14)8-19-13-15-5-6-16-13/h3-7,10H,8,14H2,1-2H3,(H,15,16). The highest BCUT2D eigenvalue weighted by atomic mass is 32.2. The fraction of sp³-hybridized carbons (Fsp3) is 0.308. The van der Waals surface area contributed by atoms with E-state index in [9.17, 15) is 0 Å². The van der Waals surface area contributed by atoms with Gasteiger partial charge < -0.3 is 20.2 Å². The number of H-pyrrole nitrogens is 1. The van der Waals surface area contributed by atoms with Crippen LogP contribution >= 0.6 is 11.8 Å². The number of thioether (sulfide) groups is 1. The number of aromatic amines is 1. The Morgan fingerprint density at radius 1 is 1.32 bits per heavy atom. The van der Waals surface area contributed by atoms with Gasteiger partial charge in [-0.15, -0.1) is 0 Å². The number of hydrogen-bond acceptors (Lipinski definition) is 5. The van der Waals surface area contributed by atoms with Gasteiger partial charge in [0, 0.05) is 24.2 Å². The van der Waals surface area contributed by atoms with E-state index in [0.717, 1.165) is 16.5 Å². The molecule has 0 radical (unpaired) electrons. The predicted molar refractivity (Wildman–Crippen MR) is 75.8 cm³/mol. The highest BCUT2D eigenvalue weighted by Gasteiger charge is 2.11. The minimum absolute atomic E-state index is 0.0880. The number of imidazole rings is 1. The van der Waals surface area contributed by atoms with Crippen molar-refractivity contribution in [3.63, 3.8) is 0 Å². The molecule has 5 nitrogen and oxygen atoms in total. The molecule has 102 valence electrons. The third-order valence-corrected chi connectivity index (χ3v) is 3.73. The maximum Gasteiger partial charge on any atom is 0.165 e. The molecular weight excluding hydrogens is 262 g/mol. The van der Waals surface area contributed by atoms with Crippen LogP contribution in [0.15, 0.2) is 35.7 Å². The van der Waals surface area contributed by atoms with E-state index in [-0.39, 0.29) is 6.04 Å². The molecular formula is C13H17N3O2S. The Morgan fingerprint density at radius 2 is 2.11 bits per heavy atom. The fourth-order valence-corrected chi connectivity index (χ4v) is 2.49. The summed E-state index contributed by atoms with van der Waals surface area (Å²) in [4.78, 5) is 7.19. The fourth-order valence-electron chi connectivity index (χ4n) is 1.68. The molecule has 1 unspecified atom stereocenters. The number of ether oxygens (including phenoxy) is 2. The summed E-state index contributed by atoms with van der Waals surface area (Å²) < 4.78 is 10.5. The van der Waals surface area contributed by atoms with Gasteiger partial charge in [-0.25, -0.2) is 4.98 Å². The summed E-state index contributed by atoms with van der Waals surface area (Å²) in [6.45, 7) is 0. The van der Waals surface area contributed by atoms with Gasteiger partial charge in [-0.3, -0.25) is 0 Å². The Kier molecular flexibility index (Phi) is 4.70. The van der Waals surface area contributed by atoms with Crippen molar-refractivity contribution in [2.24, 2.45) is 5.73 Å². The molecule has 6 heteroatoms. The minimum atomic E-state index is -0.0880. The molecule has 0 saturated heterocycles. The van der Waals surface area contributed by atoms with Gasteiger partial charge >= 0.3 is 0 Å². The first-order valence-corrected chi connectivity index (χ1v) is 6.83. The van der Waals surface area contributed by atoms with E-state index in [0.29, 0.717) is 11.5 Å². The van der Waals surface area contributed by atoms with Gasteiger partial charge in [0.05, 0.1) is 14.2 Å². The van der Waals surface area contributed by atoms with Gasteiger partial charge in [-0.2, -0.15) is 0 Å². The first-order valence-electron chi connectivity index (χ1n) is 5.84. The highest BCUT2D eigenvalue weighted by molar-refractivity contribution is 7.99. The highest BCUT2D eigenvalue weighted by Crippen LogP contribution is 2.30. The summed E-state index contributed by atoms with van der Waals surface area (Å²) in [5.74, 6) is 2.14. The summed E-state index contributed by atoms with van der Waals surface area (Å²) in [5.41, 5.74) is 7.18. The number of aromatic nitrogens is 2. The molecule has 0 aliphatic carbocycles. The van der Waals surface area contributed by atoms with Crippen molar-refractivity contribution in [2.75, 3.05) is 20.0 Å². The Bertz CT molecular complexity index is 517. The molecule has 0 spiro atoms. The quantitative estimate of drug-likeness (QED) is 0.793. The summed E-state index contributed by atoms with van der Waals surface area (Å²) in [6, 6.07) is 5.64. The molecule has 0 aliphatic rings. The molecule has 0 bridgehead atoms. The van der Waals surface area contributed by atoms with Gasteiger partial charge in [0.1, 0.15) is 0 Å². The van der Waals surface area contributed by atoms with Crippen molar-refractivity contribution < 1.29 is 9.47 Å².